The lowest BCUT2D eigenvalue weighted by atomic mass is 10.2. The largest absolute Gasteiger partial charge is 0.492 e. The van der Waals surface area contributed by atoms with Crippen molar-refractivity contribution in [1.29, 1.82) is 0 Å². The van der Waals surface area contributed by atoms with Gasteiger partial charge in [0.05, 0.1) is 12.1 Å². The van der Waals surface area contributed by atoms with Crippen LogP contribution >= 0.6 is 24.0 Å². The van der Waals surface area contributed by atoms with E-state index in [1.807, 2.05) is 6.92 Å². The number of halogens is 4. The van der Waals surface area contributed by atoms with Gasteiger partial charge >= 0.3 is 6.18 Å². The molecule has 0 aliphatic carbocycles. The predicted molar refractivity (Wildman–Crippen MR) is 105 cm³/mol. The Morgan fingerprint density at radius 3 is 2.54 bits per heavy atom. The molecule has 1 rings (SSSR count). The molecule has 26 heavy (non-hydrogen) atoms. The Balaban J connectivity index is 0.00000625. The van der Waals surface area contributed by atoms with Crippen molar-refractivity contribution in [3.63, 3.8) is 0 Å². The molecule has 0 fully saturated rings. The summed E-state index contributed by atoms with van der Waals surface area (Å²) in [6.45, 7) is 2.95. The predicted octanol–water partition coefficient (Wildman–Crippen LogP) is 2.35. The first-order valence-corrected chi connectivity index (χ1v) is 7.76. The van der Waals surface area contributed by atoms with Crippen LogP contribution in [0.1, 0.15) is 12.5 Å². The van der Waals surface area contributed by atoms with E-state index in [0.717, 1.165) is 12.1 Å². The Kier molecular flexibility index (Phi) is 11.0. The zero-order valence-corrected chi connectivity index (χ0v) is 17.2. The normalized spacial score (nSPS) is 11.4. The van der Waals surface area contributed by atoms with Crippen LogP contribution in [0.3, 0.4) is 0 Å². The van der Waals surface area contributed by atoms with Gasteiger partial charge in [-0.05, 0) is 25.1 Å². The number of likely N-dealkylation sites (N-methyl/N-ethyl adjacent to an activating group) is 1. The molecule has 10 heteroatoms. The summed E-state index contributed by atoms with van der Waals surface area (Å²) in [5.74, 6) is 0.434. The number of alkyl halides is 3. The highest BCUT2D eigenvalue weighted by Gasteiger charge is 2.30. The van der Waals surface area contributed by atoms with Gasteiger partial charge in [-0.1, -0.05) is 6.07 Å². The van der Waals surface area contributed by atoms with Crippen molar-refractivity contribution in [2.24, 2.45) is 4.99 Å². The summed E-state index contributed by atoms with van der Waals surface area (Å²) in [4.78, 5) is 17.1. The lowest BCUT2D eigenvalue weighted by Gasteiger charge is -2.13. The van der Waals surface area contributed by atoms with E-state index in [2.05, 4.69) is 15.6 Å². The van der Waals surface area contributed by atoms with Crippen LogP contribution < -0.4 is 15.4 Å². The van der Waals surface area contributed by atoms with Crippen LogP contribution in [-0.4, -0.2) is 57.1 Å². The molecule has 0 unspecified atom stereocenters. The number of guanidine groups is 1. The topological polar surface area (TPSA) is 66.0 Å². The maximum atomic E-state index is 12.6. The molecule has 0 saturated heterocycles. The SMILES string of the molecule is CCNC(=NCC(=O)N(C)C)NCCOc1cccc(C(F)(F)F)c1.I. The summed E-state index contributed by atoms with van der Waals surface area (Å²) in [6, 6.07) is 4.70. The molecular formula is C16H24F3IN4O2. The van der Waals surface area contributed by atoms with E-state index in [1.165, 1.54) is 17.0 Å². The third kappa shape index (κ3) is 9.11. The maximum Gasteiger partial charge on any atom is 0.416 e. The van der Waals surface area contributed by atoms with Gasteiger partial charge < -0.3 is 20.3 Å². The van der Waals surface area contributed by atoms with Crippen molar-refractivity contribution in [3.05, 3.63) is 29.8 Å². The number of carbonyl (C=O) groups is 1. The minimum Gasteiger partial charge on any atom is -0.492 e. The average molecular weight is 488 g/mol. The summed E-state index contributed by atoms with van der Waals surface area (Å²) in [6.07, 6.45) is -4.40. The van der Waals surface area contributed by atoms with Crippen molar-refractivity contribution in [2.45, 2.75) is 13.1 Å². The van der Waals surface area contributed by atoms with E-state index in [0.29, 0.717) is 19.0 Å². The zero-order valence-electron chi connectivity index (χ0n) is 14.9. The Morgan fingerprint density at radius 2 is 1.96 bits per heavy atom. The highest BCUT2D eigenvalue weighted by atomic mass is 127. The number of nitrogens with zero attached hydrogens (tertiary/aromatic N) is 2. The molecule has 0 aromatic heterocycles. The Morgan fingerprint density at radius 1 is 1.27 bits per heavy atom. The number of carbonyl (C=O) groups excluding carboxylic acids is 1. The average Bonchev–Trinajstić information content (AvgIpc) is 2.55. The zero-order chi connectivity index (χ0) is 18.9. The van der Waals surface area contributed by atoms with Crippen molar-refractivity contribution in [3.8, 4) is 5.75 Å². The third-order valence-corrected chi connectivity index (χ3v) is 3.04. The van der Waals surface area contributed by atoms with E-state index in [4.69, 9.17) is 4.74 Å². The van der Waals surface area contributed by atoms with Crippen LogP contribution in [0.15, 0.2) is 29.3 Å². The van der Waals surface area contributed by atoms with Gasteiger partial charge in [-0.2, -0.15) is 13.2 Å². The number of hydrogen-bond donors (Lipinski definition) is 2. The van der Waals surface area contributed by atoms with Gasteiger partial charge in [0.25, 0.3) is 0 Å². The minimum atomic E-state index is -4.40. The molecule has 0 saturated carbocycles. The van der Waals surface area contributed by atoms with Crippen LogP contribution in [-0.2, 0) is 11.0 Å². The molecule has 1 aromatic rings. The molecule has 1 amide bonds. The van der Waals surface area contributed by atoms with Crippen molar-refractivity contribution < 1.29 is 22.7 Å². The van der Waals surface area contributed by atoms with E-state index in [-0.39, 0.29) is 48.8 Å². The Bertz CT molecular complexity index is 595. The number of hydrogen-bond acceptors (Lipinski definition) is 3. The maximum absolute atomic E-state index is 12.6. The first kappa shape index (κ1) is 24.3. The van der Waals surface area contributed by atoms with Crippen molar-refractivity contribution in [2.75, 3.05) is 40.3 Å². The van der Waals surface area contributed by atoms with Gasteiger partial charge in [0.15, 0.2) is 5.96 Å². The smallest absolute Gasteiger partial charge is 0.416 e. The molecule has 0 bridgehead atoms. The first-order chi connectivity index (χ1) is 11.7. The van der Waals surface area contributed by atoms with Crippen LogP contribution in [0.4, 0.5) is 13.2 Å². The molecule has 0 radical (unpaired) electrons. The molecule has 1 aromatic carbocycles. The highest BCUT2D eigenvalue weighted by molar-refractivity contribution is 14.0. The number of benzene rings is 1. The molecule has 6 nitrogen and oxygen atoms in total. The fourth-order valence-corrected chi connectivity index (χ4v) is 1.73. The van der Waals surface area contributed by atoms with Crippen molar-refractivity contribution in [1.82, 2.24) is 15.5 Å². The fraction of sp³-hybridized carbons (Fsp3) is 0.500. The highest BCUT2D eigenvalue weighted by Crippen LogP contribution is 2.31. The van der Waals surface area contributed by atoms with Crippen molar-refractivity contribution >= 4 is 35.8 Å². The molecular weight excluding hydrogens is 464 g/mol. The van der Waals surface area contributed by atoms with Gasteiger partial charge in [-0.15, -0.1) is 24.0 Å². The summed E-state index contributed by atoms with van der Waals surface area (Å²) in [5.41, 5.74) is -0.755. The van der Waals surface area contributed by atoms with E-state index in [1.54, 1.807) is 14.1 Å². The summed E-state index contributed by atoms with van der Waals surface area (Å²) in [7, 11) is 3.28. The second kappa shape index (κ2) is 11.8. The molecule has 0 spiro atoms. The van der Waals surface area contributed by atoms with E-state index < -0.39 is 11.7 Å². The quantitative estimate of drug-likeness (QED) is 0.268. The standard InChI is InChI=1S/C16H23F3N4O2.HI/c1-4-20-15(22-11-14(24)23(2)3)21-8-9-25-13-7-5-6-12(10-13)16(17,18)19;/h5-7,10H,4,8-9,11H2,1-3H3,(H2,20,21,22);1H. The number of aliphatic imine (C=N–C) groups is 1. The monoisotopic (exact) mass is 488 g/mol. The van der Waals surface area contributed by atoms with E-state index >= 15 is 0 Å². The van der Waals surface area contributed by atoms with Gasteiger partial charge in [-0.3, -0.25) is 4.79 Å². The van der Waals surface area contributed by atoms with Gasteiger partial charge in [-0.25, -0.2) is 4.99 Å². The molecule has 0 heterocycles. The lowest BCUT2D eigenvalue weighted by molar-refractivity contribution is -0.137. The summed E-state index contributed by atoms with van der Waals surface area (Å²) >= 11 is 0. The van der Waals surface area contributed by atoms with Crippen LogP contribution in [0.25, 0.3) is 0 Å². The second-order valence-corrected chi connectivity index (χ2v) is 5.28. The molecule has 0 aliphatic heterocycles. The Labute approximate surface area is 168 Å². The third-order valence-electron chi connectivity index (χ3n) is 3.04. The molecule has 0 aliphatic rings. The van der Waals surface area contributed by atoms with Gasteiger partial charge in [0.2, 0.25) is 5.91 Å². The summed E-state index contributed by atoms with van der Waals surface area (Å²) in [5, 5.41) is 5.92. The molecule has 0 atom stereocenters. The van der Waals surface area contributed by atoms with Crippen LogP contribution in [0, 0.1) is 0 Å². The van der Waals surface area contributed by atoms with E-state index in [9.17, 15) is 18.0 Å². The van der Waals surface area contributed by atoms with Crippen LogP contribution in [0.5, 0.6) is 5.75 Å². The van der Waals surface area contributed by atoms with Gasteiger partial charge in [0, 0.05) is 20.6 Å². The molecule has 2 N–H and O–H groups in total. The molecule has 148 valence electrons. The lowest BCUT2D eigenvalue weighted by Crippen LogP contribution is -2.40. The summed E-state index contributed by atoms with van der Waals surface area (Å²) < 4.78 is 43.2. The first-order valence-electron chi connectivity index (χ1n) is 7.76. The Hall–Kier alpha value is -1.72. The number of nitrogens with one attached hydrogen (secondary N) is 2. The number of amides is 1. The number of rotatable bonds is 7. The van der Waals surface area contributed by atoms with Gasteiger partial charge in [0.1, 0.15) is 18.9 Å². The second-order valence-electron chi connectivity index (χ2n) is 5.28. The fourth-order valence-electron chi connectivity index (χ4n) is 1.73. The minimum absolute atomic E-state index is 0. The number of ether oxygens (including phenoxy) is 1. The van der Waals surface area contributed by atoms with Crippen LogP contribution in [0.2, 0.25) is 0 Å².